The Morgan fingerprint density at radius 3 is 2.84 bits per heavy atom. The minimum Gasteiger partial charge on any atom is -0.370 e. The highest BCUT2D eigenvalue weighted by atomic mass is 15.2. The van der Waals surface area contributed by atoms with Crippen molar-refractivity contribution in [3.8, 4) is 0 Å². The summed E-state index contributed by atoms with van der Waals surface area (Å²) in [6.45, 7) is 8.68. The van der Waals surface area contributed by atoms with Gasteiger partial charge in [-0.05, 0) is 33.0 Å². The molecule has 1 aromatic rings. The first-order chi connectivity index (χ1) is 9.11. The average molecular weight is 262 g/mol. The molecular formula is C15H26N4. The van der Waals surface area contributed by atoms with Crippen molar-refractivity contribution < 1.29 is 0 Å². The van der Waals surface area contributed by atoms with Crippen molar-refractivity contribution in [2.45, 2.75) is 26.4 Å². The number of likely N-dealkylation sites (tertiary alicyclic amines) is 1. The van der Waals surface area contributed by atoms with E-state index in [2.05, 4.69) is 54.1 Å². The summed E-state index contributed by atoms with van der Waals surface area (Å²) in [7, 11) is 4.36. The van der Waals surface area contributed by atoms with Crippen molar-refractivity contribution in [3.05, 3.63) is 23.9 Å². The van der Waals surface area contributed by atoms with E-state index >= 15 is 0 Å². The number of aromatic nitrogens is 1. The predicted octanol–water partition coefficient (Wildman–Crippen LogP) is 1.90. The molecule has 106 valence electrons. The van der Waals surface area contributed by atoms with Gasteiger partial charge in [0, 0.05) is 44.0 Å². The van der Waals surface area contributed by atoms with Crippen LogP contribution in [0.25, 0.3) is 0 Å². The third-order valence-electron chi connectivity index (χ3n) is 3.94. The van der Waals surface area contributed by atoms with Crippen LogP contribution in [0.2, 0.25) is 0 Å². The van der Waals surface area contributed by atoms with E-state index in [1.165, 1.54) is 12.1 Å². The van der Waals surface area contributed by atoms with Gasteiger partial charge in [-0.3, -0.25) is 4.90 Å². The molecule has 2 atom stereocenters. The van der Waals surface area contributed by atoms with Crippen molar-refractivity contribution in [1.29, 1.82) is 0 Å². The number of anilines is 1. The van der Waals surface area contributed by atoms with Crippen LogP contribution in [0.4, 0.5) is 5.82 Å². The first-order valence-electron chi connectivity index (χ1n) is 7.18. The van der Waals surface area contributed by atoms with E-state index in [4.69, 9.17) is 0 Å². The normalized spacial score (nSPS) is 24.1. The molecular weight excluding hydrogens is 236 g/mol. The highest BCUT2D eigenvalue weighted by molar-refractivity contribution is 5.43. The molecule has 4 heteroatoms. The third-order valence-corrected chi connectivity index (χ3v) is 3.94. The van der Waals surface area contributed by atoms with Gasteiger partial charge in [0.25, 0.3) is 0 Å². The van der Waals surface area contributed by atoms with E-state index in [1.54, 1.807) is 0 Å². The minimum absolute atomic E-state index is 0.666. The Balaban J connectivity index is 2.02. The fourth-order valence-electron chi connectivity index (χ4n) is 2.98. The largest absolute Gasteiger partial charge is 0.370 e. The van der Waals surface area contributed by atoms with Gasteiger partial charge in [0.1, 0.15) is 5.82 Å². The molecule has 1 aliphatic heterocycles. The number of hydrogen-bond acceptors (Lipinski definition) is 4. The molecule has 4 nitrogen and oxygen atoms in total. The third kappa shape index (κ3) is 3.45. The molecule has 1 saturated heterocycles. The molecule has 1 N–H and O–H groups in total. The monoisotopic (exact) mass is 262 g/mol. The Kier molecular flexibility index (Phi) is 4.77. The fourth-order valence-corrected chi connectivity index (χ4v) is 2.98. The van der Waals surface area contributed by atoms with Crippen LogP contribution in [0.15, 0.2) is 18.3 Å². The Bertz CT molecular complexity index is 405. The second-order valence-corrected chi connectivity index (χ2v) is 5.74. The molecule has 2 rings (SSSR count). The Morgan fingerprint density at radius 1 is 1.42 bits per heavy atom. The number of rotatable bonds is 5. The number of nitrogens with one attached hydrogen (secondary N) is 1. The Hall–Kier alpha value is -1.13. The van der Waals surface area contributed by atoms with Gasteiger partial charge >= 0.3 is 0 Å². The van der Waals surface area contributed by atoms with Crippen LogP contribution in [-0.4, -0.2) is 54.6 Å². The number of pyridine rings is 1. The summed E-state index contributed by atoms with van der Waals surface area (Å²) < 4.78 is 0. The molecule has 19 heavy (non-hydrogen) atoms. The molecule has 0 saturated carbocycles. The molecule has 2 unspecified atom stereocenters. The zero-order chi connectivity index (χ0) is 13.8. The maximum atomic E-state index is 4.44. The number of likely N-dealkylation sites (N-methyl/N-ethyl adjacent to an activating group) is 1. The molecule has 0 radical (unpaired) electrons. The maximum absolute atomic E-state index is 4.44. The van der Waals surface area contributed by atoms with Crippen LogP contribution >= 0.6 is 0 Å². The lowest BCUT2D eigenvalue weighted by Crippen LogP contribution is -2.34. The molecule has 0 spiro atoms. The van der Waals surface area contributed by atoms with Crippen LogP contribution in [0.3, 0.4) is 0 Å². The van der Waals surface area contributed by atoms with Gasteiger partial charge in [0.05, 0.1) is 0 Å². The van der Waals surface area contributed by atoms with Crippen LogP contribution in [0.1, 0.15) is 19.4 Å². The Morgan fingerprint density at radius 2 is 2.21 bits per heavy atom. The standard InChI is InChI=1S/C15H26N4/c1-5-16-15-13(7-6-8-17-15)10-19-9-12(2)14(11-19)18(3)4/h6-8,12,14H,5,9-11H2,1-4H3,(H,16,17). The van der Waals surface area contributed by atoms with E-state index < -0.39 is 0 Å². The lowest BCUT2D eigenvalue weighted by Gasteiger charge is -2.22. The smallest absolute Gasteiger partial charge is 0.130 e. The Labute approximate surface area is 116 Å². The zero-order valence-electron chi connectivity index (χ0n) is 12.6. The number of nitrogens with zero attached hydrogens (tertiary/aromatic N) is 3. The first kappa shape index (κ1) is 14.3. The van der Waals surface area contributed by atoms with Crippen LogP contribution in [0.5, 0.6) is 0 Å². The quantitative estimate of drug-likeness (QED) is 0.878. The van der Waals surface area contributed by atoms with Gasteiger partial charge in [-0.2, -0.15) is 0 Å². The van der Waals surface area contributed by atoms with Gasteiger partial charge in [-0.25, -0.2) is 4.98 Å². The summed E-state index contributed by atoms with van der Waals surface area (Å²) in [6.07, 6.45) is 1.86. The van der Waals surface area contributed by atoms with Crippen molar-refractivity contribution in [1.82, 2.24) is 14.8 Å². The summed E-state index contributed by atoms with van der Waals surface area (Å²) >= 11 is 0. The SMILES string of the molecule is CCNc1ncccc1CN1CC(C)C(N(C)C)C1. The van der Waals surface area contributed by atoms with Crippen LogP contribution in [-0.2, 0) is 6.54 Å². The molecule has 0 aliphatic carbocycles. The summed E-state index contributed by atoms with van der Waals surface area (Å²) in [5.41, 5.74) is 1.30. The van der Waals surface area contributed by atoms with E-state index in [9.17, 15) is 0 Å². The van der Waals surface area contributed by atoms with Crippen molar-refractivity contribution in [2.75, 3.05) is 39.0 Å². The first-order valence-corrected chi connectivity index (χ1v) is 7.18. The topological polar surface area (TPSA) is 31.4 Å². The predicted molar refractivity (Wildman–Crippen MR) is 80.3 cm³/mol. The molecule has 0 amide bonds. The maximum Gasteiger partial charge on any atom is 0.130 e. The lowest BCUT2D eigenvalue weighted by atomic mass is 10.1. The molecule has 1 aromatic heterocycles. The minimum atomic E-state index is 0.666. The highest BCUT2D eigenvalue weighted by Gasteiger charge is 2.31. The van der Waals surface area contributed by atoms with Gasteiger partial charge < -0.3 is 10.2 Å². The highest BCUT2D eigenvalue weighted by Crippen LogP contribution is 2.23. The molecule has 0 aromatic carbocycles. The molecule has 0 bridgehead atoms. The summed E-state index contributed by atoms with van der Waals surface area (Å²) in [5, 5.41) is 3.35. The summed E-state index contributed by atoms with van der Waals surface area (Å²) in [4.78, 5) is 9.32. The van der Waals surface area contributed by atoms with Crippen molar-refractivity contribution in [2.24, 2.45) is 5.92 Å². The molecule has 1 fully saturated rings. The van der Waals surface area contributed by atoms with Gasteiger partial charge in [0.15, 0.2) is 0 Å². The second-order valence-electron chi connectivity index (χ2n) is 5.74. The second kappa shape index (κ2) is 6.35. The van der Waals surface area contributed by atoms with Gasteiger partial charge in [0.2, 0.25) is 0 Å². The molecule has 2 heterocycles. The molecule has 1 aliphatic rings. The van der Waals surface area contributed by atoms with E-state index in [0.29, 0.717) is 6.04 Å². The van der Waals surface area contributed by atoms with Gasteiger partial charge in [-0.1, -0.05) is 13.0 Å². The van der Waals surface area contributed by atoms with Crippen LogP contribution in [0, 0.1) is 5.92 Å². The van der Waals surface area contributed by atoms with Gasteiger partial charge in [-0.15, -0.1) is 0 Å². The number of hydrogen-bond donors (Lipinski definition) is 1. The lowest BCUT2D eigenvalue weighted by molar-refractivity contribution is 0.250. The van der Waals surface area contributed by atoms with Crippen molar-refractivity contribution >= 4 is 5.82 Å². The van der Waals surface area contributed by atoms with Crippen LogP contribution < -0.4 is 5.32 Å². The average Bonchev–Trinajstić information content (AvgIpc) is 2.73. The van der Waals surface area contributed by atoms with Crippen molar-refractivity contribution in [3.63, 3.8) is 0 Å². The summed E-state index contributed by atoms with van der Waals surface area (Å²) in [5.74, 6) is 1.76. The van der Waals surface area contributed by atoms with E-state index in [0.717, 1.165) is 31.4 Å². The van der Waals surface area contributed by atoms with E-state index in [-0.39, 0.29) is 0 Å². The fraction of sp³-hybridized carbons (Fsp3) is 0.667. The zero-order valence-corrected chi connectivity index (χ0v) is 12.6. The summed E-state index contributed by atoms with van der Waals surface area (Å²) in [6, 6.07) is 4.87. The van der Waals surface area contributed by atoms with E-state index in [1.807, 2.05) is 12.3 Å².